The molecule has 0 aromatic heterocycles. The number of rotatable bonds is 5. The molecule has 0 heterocycles. The first-order valence-corrected chi connectivity index (χ1v) is 5.75. The minimum atomic E-state index is -0.506. The summed E-state index contributed by atoms with van der Waals surface area (Å²) >= 11 is 11.5. The Morgan fingerprint density at radius 3 is 2.76 bits per heavy atom. The van der Waals surface area contributed by atoms with Gasteiger partial charge in [0, 0.05) is 18.0 Å². The Bertz CT molecular complexity index is 447. The van der Waals surface area contributed by atoms with Crippen LogP contribution in [0.2, 0.25) is 5.02 Å². The van der Waals surface area contributed by atoms with Crippen LogP contribution >= 0.6 is 23.2 Å². The van der Waals surface area contributed by atoms with Crippen molar-refractivity contribution >= 4 is 35.0 Å². The molecular weight excluding hydrogens is 265 g/mol. The van der Waals surface area contributed by atoms with E-state index in [0.29, 0.717) is 22.9 Å². The van der Waals surface area contributed by atoms with Crippen molar-refractivity contribution in [1.82, 2.24) is 0 Å². The average molecular weight is 276 g/mol. The smallest absolute Gasteiger partial charge is 0.311 e. The highest BCUT2D eigenvalue weighted by atomic mass is 35.5. The Hall–Kier alpha value is -1.26. The van der Waals surface area contributed by atoms with Gasteiger partial charge in [-0.2, -0.15) is 0 Å². The third-order valence-electron chi connectivity index (χ3n) is 2.07. The molecule has 0 saturated carbocycles. The first kappa shape index (κ1) is 13.8. The molecule has 0 N–H and O–H groups in total. The molecule has 4 nitrogen and oxygen atoms in total. The largest absolute Gasteiger partial charge is 0.490 e. The topological polar surface area (TPSA) is 52.4 Å². The van der Waals surface area contributed by atoms with Gasteiger partial charge in [-0.05, 0) is 12.0 Å². The highest BCUT2D eigenvalue weighted by molar-refractivity contribution is 6.32. The van der Waals surface area contributed by atoms with E-state index in [0.717, 1.165) is 0 Å². The average Bonchev–Trinajstić information content (AvgIpc) is 2.30. The molecule has 0 atom stereocenters. The van der Waals surface area contributed by atoms with Crippen molar-refractivity contribution in [3.05, 3.63) is 38.9 Å². The molecule has 1 aromatic rings. The normalized spacial score (nSPS) is 10.8. The van der Waals surface area contributed by atoms with Crippen molar-refractivity contribution in [2.75, 3.05) is 13.0 Å². The van der Waals surface area contributed by atoms with E-state index in [1.807, 2.05) is 6.08 Å². The monoisotopic (exact) mass is 275 g/mol. The van der Waals surface area contributed by atoms with Gasteiger partial charge in [0.05, 0.1) is 17.1 Å². The van der Waals surface area contributed by atoms with Gasteiger partial charge < -0.3 is 4.74 Å². The van der Waals surface area contributed by atoms with Gasteiger partial charge in [-0.3, -0.25) is 10.1 Å². The zero-order chi connectivity index (χ0) is 12.8. The fourth-order valence-electron chi connectivity index (χ4n) is 1.27. The minimum absolute atomic E-state index is 0.109. The third-order valence-corrected chi connectivity index (χ3v) is 2.61. The summed E-state index contributed by atoms with van der Waals surface area (Å²) in [7, 11) is 1.36. The number of nitro groups is 1. The molecule has 0 aliphatic heterocycles. The third kappa shape index (κ3) is 3.61. The summed E-state index contributed by atoms with van der Waals surface area (Å²) in [6.07, 6.45) is 4.19. The number of nitro benzene ring substituents is 1. The lowest BCUT2D eigenvalue weighted by Crippen LogP contribution is -1.94. The lowest BCUT2D eigenvalue weighted by Gasteiger charge is -2.04. The maximum absolute atomic E-state index is 10.8. The number of ether oxygens (including phenoxy) is 1. The highest BCUT2D eigenvalue weighted by Gasteiger charge is 2.17. The second-order valence-corrected chi connectivity index (χ2v) is 3.97. The SMILES string of the molecule is COc1cc(Cl)c(C=CCCCl)cc1[N+](=O)[O-]. The Morgan fingerprint density at radius 2 is 2.24 bits per heavy atom. The van der Waals surface area contributed by atoms with Crippen molar-refractivity contribution < 1.29 is 9.66 Å². The van der Waals surface area contributed by atoms with Gasteiger partial charge in [-0.15, -0.1) is 11.6 Å². The van der Waals surface area contributed by atoms with E-state index in [1.165, 1.54) is 19.2 Å². The van der Waals surface area contributed by atoms with Crippen LogP contribution < -0.4 is 4.74 Å². The van der Waals surface area contributed by atoms with Crippen molar-refractivity contribution in [2.45, 2.75) is 6.42 Å². The molecule has 0 saturated heterocycles. The Labute approximate surface area is 109 Å². The number of allylic oxidation sites excluding steroid dienone is 1. The summed E-state index contributed by atoms with van der Waals surface area (Å²) < 4.78 is 4.90. The van der Waals surface area contributed by atoms with Crippen LogP contribution in [-0.4, -0.2) is 17.9 Å². The van der Waals surface area contributed by atoms with Gasteiger partial charge in [-0.1, -0.05) is 23.8 Å². The van der Waals surface area contributed by atoms with E-state index in [-0.39, 0.29) is 11.4 Å². The number of hydrogen-bond acceptors (Lipinski definition) is 3. The summed E-state index contributed by atoms with van der Waals surface area (Å²) in [4.78, 5) is 10.3. The van der Waals surface area contributed by atoms with E-state index in [1.54, 1.807) is 6.08 Å². The Kier molecular flexibility index (Phi) is 5.25. The van der Waals surface area contributed by atoms with Crippen molar-refractivity contribution in [3.63, 3.8) is 0 Å². The van der Waals surface area contributed by atoms with Crippen molar-refractivity contribution in [2.24, 2.45) is 0 Å². The van der Waals surface area contributed by atoms with Crippen LogP contribution in [0.5, 0.6) is 5.75 Å². The molecule has 0 spiro atoms. The van der Waals surface area contributed by atoms with Crippen LogP contribution in [0.15, 0.2) is 18.2 Å². The molecule has 6 heteroatoms. The molecule has 17 heavy (non-hydrogen) atoms. The van der Waals surface area contributed by atoms with E-state index in [9.17, 15) is 10.1 Å². The second-order valence-electron chi connectivity index (χ2n) is 3.18. The maximum atomic E-state index is 10.8. The van der Waals surface area contributed by atoms with Gasteiger partial charge in [0.15, 0.2) is 5.75 Å². The molecular formula is C11H11Cl2NO3. The molecule has 0 aliphatic carbocycles. The van der Waals surface area contributed by atoms with Crippen LogP contribution in [0.4, 0.5) is 5.69 Å². The Morgan fingerprint density at radius 1 is 1.53 bits per heavy atom. The van der Waals surface area contributed by atoms with E-state index in [2.05, 4.69) is 0 Å². The zero-order valence-corrected chi connectivity index (χ0v) is 10.7. The quantitative estimate of drug-likeness (QED) is 0.465. The summed E-state index contributed by atoms with van der Waals surface area (Å²) in [5.41, 5.74) is 0.465. The van der Waals surface area contributed by atoms with Crippen molar-refractivity contribution in [1.29, 1.82) is 0 Å². The summed E-state index contributed by atoms with van der Waals surface area (Å²) in [5.74, 6) is 0.640. The number of hydrogen-bond donors (Lipinski definition) is 0. The van der Waals surface area contributed by atoms with Crippen LogP contribution in [0.25, 0.3) is 6.08 Å². The minimum Gasteiger partial charge on any atom is -0.490 e. The maximum Gasteiger partial charge on any atom is 0.311 e. The predicted molar refractivity (Wildman–Crippen MR) is 69.0 cm³/mol. The number of halogens is 2. The lowest BCUT2D eigenvalue weighted by atomic mass is 10.1. The highest BCUT2D eigenvalue weighted by Crippen LogP contribution is 2.33. The predicted octanol–water partition coefficient (Wildman–Crippen LogP) is 3.90. The Balaban J connectivity index is 3.15. The molecule has 0 unspecified atom stereocenters. The fraction of sp³-hybridized carbons (Fsp3) is 0.273. The molecule has 0 fully saturated rings. The fourth-order valence-corrected chi connectivity index (χ4v) is 1.61. The number of methoxy groups -OCH3 is 1. The van der Waals surface area contributed by atoms with Crippen LogP contribution in [-0.2, 0) is 0 Å². The van der Waals surface area contributed by atoms with Gasteiger partial charge >= 0.3 is 5.69 Å². The first-order valence-electron chi connectivity index (χ1n) is 4.84. The van der Waals surface area contributed by atoms with Gasteiger partial charge in [0.25, 0.3) is 0 Å². The van der Waals surface area contributed by atoms with Crippen molar-refractivity contribution in [3.8, 4) is 5.75 Å². The van der Waals surface area contributed by atoms with Crippen LogP contribution in [0, 0.1) is 10.1 Å². The van der Waals surface area contributed by atoms with Gasteiger partial charge in [0.2, 0.25) is 0 Å². The zero-order valence-electron chi connectivity index (χ0n) is 9.15. The lowest BCUT2D eigenvalue weighted by molar-refractivity contribution is -0.385. The molecule has 0 radical (unpaired) electrons. The van der Waals surface area contributed by atoms with Gasteiger partial charge in [-0.25, -0.2) is 0 Å². The molecule has 1 rings (SSSR count). The molecule has 0 bridgehead atoms. The molecule has 1 aromatic carbocycles. The number of benzene rings is 1. The summed E-state index contributed by atoms with van der Waals surface area (Å²) in [5, 5.41) is 11.2. The standard InChI is InChI=1S/C11H11Cl2NO3/c1-17-11-7-9(13)8(4-2-3-5-12)6-10(11)14(15)16/h2,4,6-7H,3,5H2,1H3. The number of nitrogens with zero attached hydrogens (tertiary/aromatic N) is 1. The molecule has 0 aliphatic rings. The molecule has 92 valence electrons. The van der Waals surface area contributed by atoms with Gasteiger partial charge in [0.1, 0.15) is 0 Å². The summed E-state index contributed by atoms with van der Waals surface area (Å²) in [6, 6.07) is 2.81. The van der Waals surface area contributed by atoms with E-state index < -0.39 is 4.92 Å². The molecule has 0 amide bonds. The van der Waals surface area contributed by atoms with Crippen LogP contribution in [0.1, 0.15) is 12.0 Å². The first-order chi connectivity index (χ1) is 8.10. The number of alkyl halides is 1. The summed E-state index contributed by atoms with van der Waals surface area (Å²) in [6.45, 7) is 0. The second kappa shape index (κ2) is 6.47. The van der Waals surface area contributed by atoms with Crippen LogP contribution in [0.3, 0.4) is 0 Å². The van der Waals surface area contributed by atoms with E-state index >= 15 is 0 Å². The van der Waals surface area contributed by atoms with E-state index in [4.69, 9.17) is 27.9 Å².